The molecule has 2 aromatic heterocycles. The smallest absolute Gasteiger partial charge is 0.433 e. The largest absolute Gasteiger partial charge is 0.437 e. The third kappa shape index (κ3) is 4.55. The minimum Gasteiger partial charge on any atom is -0.437 e. The summed E-state index contributed by atoms with van der Waals surface area (Å²) in [6.45, 7) is 1.41. The molecule has 0 amide bonds. The first kappa shape index (κ1) is 20.4. The van der Waals surface area contributed by atoms with Gasteiger partial charge in [-0.05, 0) is 37.3 Å². The first-order valence-electron chi connectivity index (χ1n) is 7.95. The number of pyridine rings is 1. The molecule has 0 N–H and O–H groups in total. The van der Waals surface area contributed by atoms with Crippen LogP contribution in [0.2, 0.25) is 0 Å². The molecule has 0 saturated heterocycles. The van der Waals surface area contributed by atoms with Gasteiger partial charge in [0.1, 0.15) is 11.4 Å². The molecule has 0 saturated carbocycles. The van der Waals surface area contributed by atoms with Crippen molar-refractivity contribution in [3.63, 3.8) is 0 Å². The molecule has 0 aliphatic heterocycles. The number of halogens is 6. The van der Waals surface area contributed by atoms with E-state index in [0.29, 0.717) is 6.07 Å². The first-order chi connectivity index (χ1) is 13.4. The average Bonchev–Trinajstić information content (AvgIpc) is 2.63. The van der Waals surface area contributed by atoms with Crippen molar-refractivity contribution in [2.45, 2.75) is 19.3 Å². The second kappa shape index (κ2) is 7.22. The van der Waals surface area contributed by atoms with E-state index in [1.165, 1.54) is 19.1 Å². The third-order valence-corrected chi connectivity index (χ3v) is 3.75. The van der Waals surface area contributed by atoms with Gasteiger partial charge in [-0.2, -0.15) is 31.0 Å². The van der Waals surface area contributed by atoms with E-state index in [-0.39, 0.29) is 22.9 Å². The van der Waals surface area contributed by atoms with Gasteiger partial charge in [-0.1, -0.05) is 0 Å². The summed E-state index contributed by atoms with van der Waals surface area (Å²) in [7, 11) is 0. The summed E-state index contributed by atoms with van der Waals surface area (Å²) in [6, 6.07) is 6.69. The van der Waals surface area contributed by atoms with Gasteiger partial charge in [-0.3, -0.25) is 9.78 Å². The Morgan fingerprint density at radius 3 is 2.17 bits per heavy atom. The SMILES string of the molecule is Cc1cc(Oc2ccnc(C(F)(F)F)c2)nn(-c2ccc(C(F)(F)F)cc2)c1=O. The summed E-state index contributed by atoms with van der Waals surface area (Å²) in [5.41, 5.74) is -2.55. The fraction of sp³-hybridized carbons (Fsp3) is 0.167. The lowest BCUT2D eigenvalue weighted by Crippen LogP contribution is -2.23. The van der Waals surface area contributed by atoms with Crippen LogP contribution in [0.3, 0.4) is 0 Å². The molecular weight excluding hydrogens is 404 g/mol. The number of alkyl halides is 6. The Morgan fingerprint density at radius 1 is 0.931 bits per heavy atom. The van der Waals surface area contributed by atoms with E-state index in [0.717, 1.165) is 35.1 Å². The van der Waals surface area contributed by atoms with E-state index < -0.39 is 29.2 Å². The predicted octanol–water partition coefficient (Wildman–Crippen LogP) is 4.77. The van der Waals surface area contributed by atoms with Crippen molar-refractivity contribution < 1.29 is 31.1 Å². The Kier molecular flexibility index (Phi) is 5.07. The summed E-state index contributed by atoms with van der Waals surface area (Å²) >= 11 is 0. The van der Waals surface area contributed by atoms with Crippen LogP contribution in [0.15, 0.2) is 53.5 Å². The zero-order valence-corrected chi connectivity index (χ0v) is 14.5. The summed E-state index contributed by atoms with van der Waals surface area (Å²) in [6.07, 6.45) is -8.33. The van der Waals surface area contributed by atoms with E-state index >= 15 is 0 Å². The van der Waals surface area contributed by atoms with Crippen LogP contribution in [0.4, 0.5) is 26.3 Å². The molecule has 0 radical (unpaired) electrons. The molecule has 152 valence electrons. The quantitative estimate of drug-likeness (QED) is 0.579. The van der Waals surface area contributed by atoms with Crippen molar-refractivity contribution in [1.29, 1.82) is 0 Å². The van der Waals surface area contributed by atoms with Crippen LogP contribution in [0, 0.1) is 6.92 Å². The van der Waals surface area contributed by atoms with Crippen LogP contribution in [-0.4, -0.2) is 14.8 Å². The highest BCUT2D eigenvalue weighted by atomic mass is 19.4. The van der Waals surface area contributed by atoms with E-state index in [9.17, 15) is 31.1 Å². The molecule has 29 heavy (non-hydrogen) atoms. The second-order valence-electron chi connectivity index (χ2n) is 5.90. The summed E-state index contributed by atoms with van der Waals surface area (Å²) < 4.78 is 82.5. The Labute approximate surface area is 159 Å². The number of rotatable bonds is 3. The van der Waals surface area contributed by atoms with Crippen LogP contribution < -0.4 is 10.3 Å². The van der Waals surface area contributed by atoms with Crippen LogP contribution in [0.1, 0.15) is 16.8 Å². The lowest BCUT2D eigenvalue weighted by molar-refractivity contribution is -0.141. The molecule has 3 aromatic rings. The van der Waals surface area contributed by atoms with Gasteiger partial charge in [0, 0.05) is 23.9 Å². The molecule has 0 unspecified atom stereocenters. The summed E-state index contributed by atoms with van der Waals surface area (Å²) in [4.78, 5) is 15.5. The molecule has 2 heterocycles. The topological polar surface area (TPSA) is 57.0 Å². The Bertz CT molecular complexity index is 1090. The van der Waals surface area contributed by atoms with Gasteiger partial charge < -0.3 is 4.74 Å². The molecule has 11 heteroatoms. The summed E-state index contributed by atoms with van der Waals surface area (Å²) in [5.74, 6) is -0.446. The van der Waals surface area contributed by atoms with E-state index in [1.54, 1.807) is 0 Å². The third-order valence-electron chi connectivity index (χ3n) is 3.75. The molecule has 0 atom stereocenters. The predicted molar refractivity (Wildman–Crippen MR) is 88.9 cm³/mol. The normalized spacial score (nSPS) is 12.1. The fourth-order valence-corrected chi connectivity index (χ4v) is 2.35. The van der Waals surface area contributed by atoms with Gasteiger partial charge in [0.2, 0.25) is 5.88 Å². The maximum Gasteiger partial charge on any atom is 0.433 e. The number of hydrogen-bond donors (Lipinski definition) is 0. The van der Waals surface area contributed by atoms with E-state index in [1.807, 2.05) is 0 Å². The molecule has 0 aliphatic carbocycles. The first-order valence-corrected chi connectivity index (χ1v) is 7.95. The Hall–Kier alpha value is -3.37. The minimum absolute atomic E-state index is 0.0299. The molecule has 0 fully saturated rings. The van der Waals surface area contributed by atoms with Gasteiger partial charge in [0.15, 0.2) is 0 Å². The highest BCUT2D eigenvalue weighted by Crippen LogP contribution is 2.31. The van der Waals surface area contributed by atoms with Gasteiger partial charge in [-0.15, -0.1) is 5.10 Å². The van der Waals surface area contributed by atoms with E-state index in [4.69, 9.17) is 4.74 Å². The highest BCUT2D eigenvalue weighted by molar-refractivity contribution is 5.37. The van der Waals surface area contributed by atoms with Crippen molar-refractivity contribution in [1.82, 2.24) is 14.8 Å². The maximum atomic E-state index is 12.8. The molecule has 3 rings (SSSR count). The minimum atomic E-state index is -4.68. The number of aromatic nitrogens is 3. The van der Waals surface area contributed by atoms with Crippen molar-refractivity contribution in [2.75, 3.05) is 0 Å². The second-order valence-corrected chi connectivity index (χ2v) is 5.90. The van der Waals surface area contributed by atoms with Crippen molar-refractivity contribution >= 4 is 0 Å². The lowest BCUT2D eigenvalue weighted by atomic mass is 10.2. The van der Waals surface area contributed by atoms with Crippen LogP contribution in [0.25, 0.3) is 5.69 Å². The number of benzene rings is 1. The monoisotopic (exact) mass is 415 g/mol. The number of nitrogens with zero attached hydrogens (tertiary/aromatic N) is 3. The number of ether oxygens (including phenoxy) is 1. The molecule has 0 bridgehead atoms. The van der Waals surface area contributed by atoms with Crippen molar-refractivity contribution in [2.24, 2.45) is 0 Å². The molecule has 5 nitrogen and oxygen atoms in total. The van der Waals surface area contributed by atoms with E-state index in [2.05, 4.69) is 10.1 Å². The molecular formula is C18H11F6N3O2. The zero-order chi connectivity index (χ0) is 21.4. The summed E-state index contributed by atoms with van der Waals surface area (Å²) in [5, 5.41) is 3.88. The van der Waals surface area contributed by atoms with Gasteiger partial charge in [0.25, 0.3) is 5.56 Å². The number of aryl methyl sites for hydroxylation is 1. The van der Waals surface area contributed by atoms with Crippen molar-refractivity contribution in [3.05, 3.63) is 75.8 Å². The van der Waals surface area contributed by atoms with Crippen molar-refractivity contribution in [3.8, 4) is 17.3 Å². The van der Waals surface area contributed by atoms with Crippen LogP contribution in [0.5, 0.6) is 11.6 Å². The van der Waals surface area contributed by atoms with Gasteiger partial charge >= 0.3 is 12.4 Å². The molecule has 0 spiro atoms. The fourth-order valence-electron chi connectivity index (χ4n) is 2.35. The van der Waals surface area contributed by atoms with Crippen LogP contribution >= 0.6 is 0 Å². The number of hydrogen-bond acceptors (Lipinski definition) is 4. The maximum absolute atomic E-state index is 12.8. The molecule has 1 aromatic carbocycles. The Morgan fingerprint density at radius 2 is 1.59 bits per heavy atom. The standard InChI is InChI=1S/C18H11F6N3O2/c1-10-8-15(29-13-6-7-25-14(9-13)18(22,23)24)26-27(16(10)28)12-4-2-11(3-5-12)17(19,20)21/h2-9H,1H3. The molecule has 0 aliphatic rings. The van der Waals surface area contributed by atoms with Gasteiger partial charge in [0.05, 0.1) is 11.3 Å². The van der Waals surface area contributed by atoms with Crippen LogP contribution in [-0.2, 0) is 12.4 Å². The van der Waals surface area contributed by atoms with Gasteiger partial charge in [-0.25, -0.2) is 0 Å². The lowest BCUT2D eigenvalue weighted by Gasteiger charge is -2.12. The Balaban J connectivity index is 1.98. The highest BCUT2D eigenvalue weighted by Gasteiger charge is 2.33. The zero-order valence-electron chi connectivity index (χ0n) is 14.5. The average molecular weight is 415 g/mol.